The van der Waals surface area contributed by atoms with Gasteiger partial charge in [-0.1, -0.05) is 50.8 Å². The van der Waals surface area contributed by atoms with Crippen molar-refractivity contribution in [2.24, 2.45) is 11.7 Å². The maximum Gasteiger partial charge on any atom is 0.340 e. The highest BCUT2D eigenvalue weighted by Crippen LogP contribution is 2.26. The lowest BCUT2D eigenvalue weighted by Crippen LogP contribution is -2.16. The van der Waals surface area contributed by atoms with Gasteiger partial charge in [0.05, 0.1) is 12.2 Å². The van der Waals surface area contributed by atoms with Crippen LogP contribution in [0.4, 0.5) is 0 Å². The van der Waals surface area contributed by atoms with Crippen molar-refractivity contribution in [3.63, 3.8) is 0 Å². The first-order chi connectivity index (χ1) is 9.47. The Morgan fingerprint density at radius 1 is 1.30 bits per heavy atom. The van der Waals surface area contributed by atoms with Gasteiger partial charge in [0.1, 0.15) is 0 Å². The molecule has 0 aromatic heterocycles. The summed E-state index contributed by atoms with van der Waals surface area (Å²) < 4.78 is 5.11. The molecule has 0 amide bonds. The lowest BCUT2D eigenvalue weighted by molar-refractivity contribution is -0.138. The SMILES string of the molecule is C=C(/C(C(=O)OCC)=C(/N)CC(C)C)c1ccccc1. The maximum absolute atomic E-state index is 12.2. The zero-order chi connectivity index (χ0) is 15.1. The van der Waals surface area contributed by atoms with Gasteiger partial charge in [-0.2, -0.15) is 0 Å². The molecule has 0 aliphatic rings. The van der Waals surface area contributed by atoms with Crippen molar-refractivity contribution in [3.05, 3.63) is 53.7 Å². The van der Waals surface area contributed by atoms with Crippen LogP contribution in [0.25, 0.3) is 5.57 Å². The fraction of sp³-hybridized carbons (Fsp3) is 0.353. The molecule has 0 unspecified atom stereocenters. The van der Waals surface area contributed by atoms with Crippen LogP contribution >= 0.6 is 0 Å². The number of nitrogens with two attached hydrogens (primary N) is 1. The maximum atomic E-state index is 12.2. The smallest absolute Gasteiger partial charge is 0.340 e. The largest absolute Gasteiger partial charge is 0.462 e. The summed E-state index contributed by atoms with van der Waals surface area (Å²) in [6.45, 7) is 10.2. The molecule has 0 heterocycles. The number of hydrogen-bond acceptors (Lipinski definition) is 3. The van der Waals surface area contributed by atoms with Crippen LogP contribution < -0.4 is 5.73 Å². The highest BCUT2D eigenvalue weighted by atomic mass is 16.5. The number of carbonyl (C=O) groups excluding carboxylic acids is 1. The van der Waals surface area contributed by atoms with E-state index in [0.717, 1.165) is 5.56 Å². The minimum atomic E-state index is -0.403. The van der Waals surface area contributed by atoms with Crippen LogP contribution in [-0.2, 0) is 9.53 Å². The van der Waals surface area contributed by atoms with Gasteiger partial charge in [-0.15, -0.1) is 0 Å². The van der Waals surface area contributed by atoms with Crippen LogP contribution in [0.15, 0.2) is 48.2 Å². The first-order valence-electron chi connectivity index (χ1n) is 6.87. The van der Waals surface area contributed by atoms with Crippen LogP contribution in [0.3, 0.4) is 0 Å². The molecular formula is C17H23NO2. The first kappa shape index (κ1) is 16.0. The molecule has 3 heteroatoms. The number of carbonyl (C=O) groups is 1. The number of benzene rings is 1. The van der Waals surface area contributed by atoms with E-state index in [4.69, 9.17) is 10.5 Å². The number of allylic oxidation sites excluding steroid dienone is 1. The van der Waals surface area contributed by atoms with E-state index in [0.29, 0.717) is 35.8 Å². The summed E-state index contributed by atoms with van der Waals surface area (Å²) in [4.78, 5) is 12.2. The van der Waals surface area contributed by atoms with Crippen LogP contribution in [-0.4, -0.2) is 12.6 Å². The molecule has 0 saturated heterocycles. The van der Waals surface area contributed by atoms with Crippen LogP contribution in [0, 0.1) is 5.92 Å². The molecule has 0 bridgehead atoms. The van der Waals surface area contributed by atoms with Crippen molar-refractivity contribution in [3.8, 4) is 0 Å². The minimum absolute atomic E-state index is 0.319. The van der Waals surface area contributed by atoms with E-state index in [9.17, 15) is 4.79 Å². The Bertz CT molecular complexity index is 501. The second kappa shape index (κ2) is 7.53. The summed E-state index contributed by atoms with van der Waals surface area (Å²) >= 11 is 0. The third-order valence-electron chi connectivity index (χ3n) is 2.85. The normalized spacial score (nSPS) is 12.0. The highest BCUT2D eigenvalue weighted by Gasteiger charge is 2.20. The fourth-order valence-electron chi connectivity index (χ4n) is 1.98. The average Bonchev–Trinajstić information content (AvgIpc) is 2.39. The molecule has 0 fully saturated rings. The Morgan fingerprint density at radius 2 is 1.90 bits per heavy atom. The van der Waals surface area contributed by atoms with Crippen molar-refractivity contribution in [2.45, 2.75) is 27.2 Å². The van der Waals surface area contributed by atoms with E-state index in [1.807, 2.05) is 30.3 Å². The van der Waals surface area contributed by atoms with Gasteiger partial charge < -0.3 is 10.5 Å². The lowest BCUT2D eigenvalue weighted by Gasteiger charge is -2.15. The molecule has 1 rings (SSSR count). The van der Waals surface area contributed by atoms with Gasteiger partial charge in [0.2, 0.25) is 0 Å². The molecule has 0 spiro atoms. The summed E-state index contributed by atoms with van der Waals surface area (Å²) in [5, 5.41) is 0. The highest BCUT2D eigenvalue weighted by molar-refractivity contribution is 6.06. The van der Waals surface area contributed by atoms with E-state index >= 15 is 0 Å². The summed E-state index contributed by atoms with van der Waals surface area (Å²) in [7, 11) is 0. The third kappa shape index (κ3) is 4.26. The Morgan fingerprint density at radius 3 is 2.40 bits per heavy atom. The molecule has 3 nitrogen and oxygen atoms in total. The second-order valence-electron chi connectivity index (χ2n) is 5.06. The predicted octanol–water partition coefficient (Wildman–Crippen LogP) is 3.52. The lowest BCUT2D eigenvalue weighted by atomic mass is 9.95. The van der Waals surface area contributed by atoms with Crippen LogP contribution in [0.1, 0.15) is 32.8 Å². The second-order valence-corrected chi connectivity index (χ2v) is 5.06. The molecule has 1 aromatic carbocycles. The van der Waals surface area contributed by atoms with E-state index in [2.05, 4.69) is 20.4 Å². The quantitative estimate of drug-likeness (QED) is 0.490. The van der Waals surface area contributed by atoms with Crippen LogP contribution in [0.2, 0.25) is 0 Å². The van der Waals surface area contributed by atoms with E-state index in [-0.39, 0.29) is 0 Å². The van der Waals surface area contributed by atoms with Crippen LogP contribution in [0.5, 0.6) is 0 Å². The van der Waals surface area contributed by atoms with Gasteiger partial charge in [-0.3, -0.25) is 0 Å². The Hall–Kier alpha value is -2.03. The molecule has 0 aliphatic carbocycles. The first-order valence-corrected chi connectivity index (χ1v) is 6.87. The molecule has 0 aliphatic heterocycles. The molecule has 1 aromatic rings. The summed E-state index contributed by atoms with van der Waals surface area (Å²) in [6.07, 6.45) is 0.639. The molecule has 0 saturated carbocycles. The summed E-state index contributed by atoms with van der Waals surface area (Å²) in [5.41, 5.74) is 8.53. The topological polar surface area (TPSA) is 52.3 Å². The molecule has 0 atom stereocenters. The predicted molar refractivity (Wildman–Crippen MR) is 82.8 cm³/mol. The fourth-order valence-corrected chi connectivity index (χ4v) is 1.98. The average molecular weight is 273 g/mol. The van der Waals surface area contributed by atoms with Gasteiger partial charge in [0, 0.05) is 5.70 Å². The zero-order valence-corrected chi connectivity index (χ0v) is 12.5. The van der Waals surface area contributed by atoms with Gasteiger partial charge in [-0.05, 0) is 30.4 Å². The van der Waals surface area contributed by atoms with Gasteiger partial charge >= 0.3 is 5.97 Å². The van der Waals surface area contributed by atoms with Crippen molar-refractivity contribution < 1.29 is 9.53 Å². The van der Waals surface area contributed by atoms with Gasteiger partial charge in [0.15, 0.2) is 0 Å². The number of esters is 1. The van der Waals surface area contributed by atoms with E-state index < -0.39 is 5.97 Å². The molecule has 2 N–H and O–H groups in total. The standard InChI is InChI=1S/C17H23NO2/c1-5-20-17(19)16(15(18)11-12(2)3)13(4)14-9-7-6-8-10-14/h6-10,12H,4-5,11,18H2,1-3H3/b16-15-. The van der Waals surface area contributed by atoms with Crippen molar-refractivity contribution in [1.82, 2.24) is 0 Å². The number of hydrogen-bond donors (Lipinski definition) is 1. The van der Waals surface area contributed by atoms with Crippen molar-refractivity contribution >= 4 is 11.5 Å². The molecule has 20 heavy (non-hydrogen) atoms. The molecule has 0 radical (unpaired) electrons. The Labute approximate surface area is 121 Å². The van der Waals surface area contributed by atoms with E-state index in [1.54, 1.807) is 6.92 Å². The zero-order valence-electron chi connectivity index (χ0n) is 12.5. The van der Waals surface area contributed by atoms with Gasteiger partial charge in [-0.25, -0.2) is 4.79 Å². The number of ether oxygens (including phenoxy) is 1. The molecule has 108 valence electrons. The number of rotatable bonds is 6. The molecular weight excluding hydrogens is 250 g/mol. The van der Waals surface area contributed by atoms with E-state index in [1.165, 1.54) is 0 Å². The van der Waals surface area contributed by atoms with Crippen molar-refractivity contribution in [2.75, 3.05) is 6.61 Å². The monoisotopic (exact) mass is 273 g/mol. The minimum Gasteiger partial charge on any atom is -0.462 e. The van der Waals surface area contributed by atoms with Crippen molar-refractivity contribution in [1.29, 1.82) is 0 Å². The summed E-state index contributed by atoms with van der Waals surface area (Å²) in [6, 6.07) is 9.54. The van der Waals surface area contributed by atoms with Gasteiger partial charge in [0.25, 0.3) is 0 Å². The third-order valence-corrected chi connectivity index (χ3v) is 2.85. The Kier molecular flexibility index (Phi) is 6.04. The Balaban J connectivity index is 3.17. The summed E-state index contributed by atoms with van der Waals surface area (Å²) in [5.74, 6) is -0.0393.